The third kappa shape index (κ3) is 3.49. The molecule has 0 atom stereocenters. The van der Waals surface area contributed by atoms with Gasteiger partial charge in [0.05, 0.1) is 23.2 Å². The van der Waals surface area contributed by atoms with Crippen molar-refractivity contribution in [3.8, 4) is 5.75 Å². The molecular weight excluding hydrogens is 368 g/mol. The zero-order valence-corrected chi connectivity index (χ0v) is 16.0. The van der Waals surface area contributed by atoms with Gasteiger partial charge in [-0.2, -0.15) is 0 Å². The molecule has 1 amide bonds. The van der Waals surface area contributed by atoms with Crippen LogP contribution in [0.1, 0.15) is 47.3 Å². The van der Waals surface area contributed by atoms with E-state index in [9.17, 15) is 14.7 Å². The van der Waals surface area contributed by atoms with Gasteiger partial charge in [0.25, 0.3) is 0 Å². The molecule has 0 unspecified atom stereocenters. The molecule has 7 heteroatoms. The summed E-state index contributed by atoms with van der Waals surface area (Å²) in [6, 6.07) is 6.57. The Hall–Kier alpha value is -2.60. The van der Waals surface area contributed by atoms with Crippen molar-refractivity contribution in [1.29, 1.82) is 0 Å². The van der Waals surface area contributed by atoms with E-state index in [-0.39, 0.29) is 17.2 Å². The number of hydrogen-bond donors (Lipinski definition) is 2. The Morgan fingerprint density at radius 2 is 1.93 bits per heavy atom. The number of nitrogens with zero attached hydrogens (tertiary/aromatic N) is 1. The number of ether oxygens (including phenoxy) is 1. The zero-order chi connectivity index (χ0) is 19.6. The van der Waals surface area contributed by atoms with Crippen molar-refractivity contribution in [2.75, 3.05) is 12.4 Å². The molecule has 0 saturated heterocycles. The number of nitrogens with one attached hydrogen (secondary N) is 1. The summed E-state index contributed by atoms with van der Waals surface area (Å²) < 4.78 is 5.25. The number of rotatable bonds is 5. The number of aromatic carboxylic acids is 1. The average Bonchev–Trinajstić information content (AvgIpc) is 3.14. The topological polar surface area (TPSA) is 88.5 Å². The maximum atomic E-state index is 13.3. The van der Waals surface area contributed by atoms with E-state index in [1.54, 1.807) is 31.3 Å². The Balaban J connectivity index is 1.96. The number of amides is 1. The van der Waals surface area contributed by atoms with Crippen LogP contribution in [0.5, 0.6) is 5.75 Å². The average molecular weight is 389 g/mol. The molecule has 3 rings (SSSR count). The molecule has 1 saturated carbocycles. The van der Waals surface area contributed by atoms with Crippen molar-refractivity contribution in [3.63, 3.8) is 0 Å². The predicted octanol–water partition coefficient (Wildman–Crippen LogP) is 4.20. The van der Waals surface area contributed by atoms with Gasteiger partial charge in [0.15, 0.2) is 0 Å². The van der Waals surface area contributed by atoms with Gasteiger partial charge in [-0.05, 0) is 44.0 Å². The monoisotopic (exact) mass is 388 g/mol. The number of aromatic nitrogens is 1. The lowest BCUT2D eigenvalue weighted by Crippen LogP contribution is -2.38. The number of carbonyl (C=O) groups excluding carboxylic acids is 1. The molecule has 1 aromatic heterocycles. The van der Waals surface area contributed by atoms with Gasteiger partial charge in [0.2, 0.25) is 5.91 Å². The second-order valence-electron chi connectivity index (χ2n) is 6.73. The third-order valence-corrected chi connectivity index (χ3v) is 5.42. The van der Waals surface area contributed by atoms with Crippen LogP contribution in [0.4, 0.5) is 5.69 Å². The van der Waals surface area contributed by atoms with E-state index < -0.39 is 11.4 Å². The van der Waals surface area contributed by atoms with Crippen LogP contribution in [-0.4, -0.2) is 29.1 Å². The number of benzene rings is 1. The van der Waals surface area contributed by atoms with Crippen LogP contribution < -0.4 is 10.1 Å². The fourth-order valence-corrected chi connectivity index (χ4v) is 3.85. The molecule has 0 aliphatic heterocycles. The first-order valence-corrected chi connectivity index (χ1v) is 9.11. The van der Waals surface area contributed by atoms with E-state index in [0.29, 0.717) is 34.8 Å². The Bertz CT molecular complexity index is 874. The third-order valence-electron chi connectivity index (χ3n) is 5.20. The first-order valence-electron chi connectivity index (χ1n) is 8.73. The van der Waals surface area contributed by atoms with E-state index in [1.807, 2.05) is 0 Å². The molecule has 2 aromatic rings. The maximum Gasteiger partial charge on any atom is 0.339 e. The minimum atomic E-state index is -1.08. The standard InChI is InChI=1S/C20H21ClN2O4/c1-12-15(7-6-14(18(24)25)17(12)27-2)23-19(26)20(9-3-4-10-20)16-8-5-13(21)11-22-16/h5-8,11H,3-4,9-10H2,1-2H3,(H,23,26)(H,24,25). The van der Waals surface area contributed by atoms with Crippen molar-refractivity contribution < 1.29 is 19.4 Å². The summed E-state index contributed by atoms with van der Waals surface area (Å²) in [5.41, 5.74) is 1.15. The molecule has 2 N–H and O–H groups in total. The van der Waals surface area contributed by atoms with Gasteiger partial charge in [-0.3, -0.25) is 9.78 Å². The number of halogens is 1. The van der Waals surface area contributed by atoms with Crippen molar-refractivity contribution >= 4 is 29.2 Å². The Morgan fingerprint density at radius 3 is 2.48 bits per heavy atom. The van der Waals surface area contributed by atoms with Crippen LogP contribution in [0.2, 0.25) is 5.02 Å². The van der Waals surface area contributed by atoms with Crippen LogP contribution >= 0.6 is 11.6 Å². The van der Waals surface area contributed by atoms with Crippen molar-refractivity contribution in [2.45, 2.75) is 38.0 Å². The van der Waals surface area contributed by atoms with Crippen LogP contribution in [0.15, 0.2) is 30.5 Å². The highest BCUT2D eigenvalue weighted by atomic mass is 35.5. The van der Waals surface area contributed by atoms with Gasteiger partial charge in [-0.1, -0.05) is 24.4 Å². The molecule has 1 aliphatic rings. The van der Waals surface area contributed by atoms with Crippen LogP contribution in [0.3, 0.4) is 0 Å². The van der Waals surface area contributed by atoms with Gasteiger partial charge in [-0.15, -0.1) is 0 Å². The highest BCUT2D eigenvalue weighted by molar-refractivity contribution is 6.30. The normalized spacial score (nSPS) is 15.4. The number of pyridine rings is 1. The largest absolute Gasteiger partial charge is 0.495 e. The molecule has 0 spiro atoms. The summed E-state index contributed by atoms with van der Waals surface area (Å²) in [5, 5.41) is 12.8. The van der Waals surface area contributed by atoms with Gasteiger partial charge < -0.3 is 15.2 Å². The number of hydrogen-bond acceptors (Lipinski definition) is 4. The Labute approximate surface area is 162 Å². The quantitative estimate of drug-likeness (QED) is 0.801. The van der Waals surface area contributed by atoms with Gasteiger partial charge in [0.1, 0.15) is 11.3 Å². The zero-order valence-electron chi connectivity index (χ0n) is 15.2. The number of anilines is 1. The van der Waals surface area contributed by atoms with Gasteiger partial charge in [-0.25, -0.2) is 4.79 Å². The molecule has 0 radical (unpaired) electrons. The maximum absolute atomic E-state index is 13.3. The van der Waals surface area contributed by atoms with Crippen LogP contribution in [0.25, 0.3) is 0 Å². The summed E-state index contributed by atoms with van der Waals surface area (Å²) in [5.74, 6) is -0.987. The van der Waals surface area contributed by atoms with Crippen LogP contribution in [-0.2, 0) is 10.2 Å². The summed E-state index contributed by atoms with van der Waals surface area (Å²) in [4.78, 5) is 29.0. The number of methoxy groups -OCH3 is 1. The first kappa shape index (κ1) is 19.2. The number of carboxylic acids is 1. The second-order valence-corrected chi connectivity index (χ2v) is 7.17. The molecular formula is C20H21ClN2O4. The molecule has 27 heavy (non-hydrogen) atoms. The highest BCUT2D eigenvalue weighted by Crippen LogP contribution is 2.42. The minimum absolute atomic E-state index is 0.0583. The summed E-state index contributed by atoms with van der Waals surface area (Å²) in [6.45, 7) is 1.72. The van der Waals surface area contributed by atoms with Crippen LogP contribution in [0, 0.1) is 6.92 Å². The minimum Gasteiger partial charge on any atom is -0.495 e. The predicted molar refractivity (Wildman–Crippen MR) is 103 cm³/mol. The summed E-state index contributed by atoms with van der Waals surface area (Å²) in [7, 11) is 1.41. The lowest BCUT2D eigenvalue weighted by atomic mass is 9.81. The van der Waals surface area contributed by atoms with E-state index in [1.165, 1.54) is 13.2 Å². The van der Waals surface area contributed by atoms with Crippen molar-refractivity contribution in [2.24, 2.45) is 0 Å². The molecule has 1 aromatic carbocycles. The Kier molecular flexibility index (Phi) is 5.37. The van der Waals surface area contributed by atoms with E-state index in [0.717, 1.165) is 12.8 Å². The number of carbonyl (C=O) groups is 2. The lowest BCUT2D eigenvalue weighted by molar-refractivity contribution is -0.121. The molecule has 6 nitrogen and oxygen atoms in total. The van der Waals surface area contributed by atoms with E-state index >= 15 is 0 Å². The lowest BCUT2D eigenvalue weighted by Gasteiger charge is -2.28. The first-order chi connectivity index (χ1) is 12.9. The molecule has 1 heterocycles. The molecule has 0 bridgehead atoms. The second kappa shape index (κ2) is 7.56. The molecule has 1 fully saturated rings. The Morgan fingerprint density at radius 1 is 1.22 bits per heavy atom. The molecule has 142 valence electrons. The fraction of sp³-hybridized carbons (Fsp3) is 0.350. The highest BCUT2D eigenvalue weighted by Gasteiger charge is 2.44. The summed E-state index contributed by atoms with van der Waals surface area (Å²) in [6.07, 6.45) is 4.85. The van der Waals surface area contributed by atoms with E-state index in [4.69, 9.17) is 16.3 Å². The van der Waals surface area contributed by atoms with E-state index in [2.05, 4.69) is 10.3 Å². The number of carboxylic acid groups (broad SMARTS) is 1. The fourth-order valence-electron chi connectivity index (χ4n) is 3.74. The molecule has 1 aliphatic carbocycles. The van der Waals surface area contributed by atoms with Gasteiger partial charge >= 0.3 is 5.97 Å². The summed E-state index contributed by atoms with van der Waals surface area (Å²) >= 11 is 5.94. The smallest absolute Gasteiger partial charge is 0.339 e. The van der Waals surface area contributed by atoms with Crippen molar-refractivity contribution in [1.82, 2.24) is 4.98 Å². The SMILES string of the molecule is COc1c(C(=O)O)ccc(NC(=O)C2(c3ccc(Cl)cn3)CCCC2)c1C. The van der Waals surface area contributed by atoms with Gasteiger partial charge in [0, 0.05) is 17.4 Å². The van der Waals surface area contributed by atoms with Crippen molar-refractivity contribution in [3.05, 3.63) is 52.3 Å².